The highest BCUT2D eigenvalue weighted by molar-refractivity contribution is 8.01. The van der Waals surface area contributed by atoms with Crippen LogP contribution in [0.2, 0.25) is 10.0 Å². The van der Waals surface area contributed by atoms with Gasteiger partial charge in [-0.2, -0.15) is 5.10 Å². The number of thioether (sulfide) groups is 1. The lowest BCUT2D eigenvalue weighted by atomic mass is 10.2. The molecule has 0 bridgehead atoms. The number of benzene rings is 2. The monoisotopic (exact) mass is 421 g/mol. The SMILES string of the molecule is O=C(CSc1nc(-c2ccccc2)cs1)N/N=C/c1c(Cl)cccc1Cl. The van der Waals surface area contributed by atoms with E-state index in [1.165, 1.54) is 29.3 Å². The molecule has 1 amide bonds. The van der Waals surface area contributed by atoms with Crippen LogP contribution in [0.1, 0.15) is 5.56 Å². The zero-order valence-electron chi connectivity index (χ0n) is 13.4. The maximum atomic E-state index is 11.9. The van der Waals surface area contributed by atoms with Crippen LogP contribution in [-0.4, -0.2) is 22.9 Å². The molecule has 4 nitrogen and oxygen atoms in total. The second-order valence-corrected chi connectivity index (χ2v) is 7.98. The van der Waals surface area contributed by atoms with Crippen LogP contribution in [0, 0.1) is 0 Å². The van der Waals surface area contributed by atoms with Crippen molar-refractivity contribution in [3.63, 3.8) is 0 Å². The van der Waals surface area contributed by atoms with E-state index in [0.717, 1.165) is 15.6 Å². The molecule has 3 aromatic rings. The quantitative estimate of drug-likeness (QED) is 0.331. The number of thiazole rings is 1. The molecule has 3 rings (SSSR count). The zero-order valence-corrected chi connectivity index (χ0v) is 16.5. The highest BCUT2D eigenvalue weighted by Gasteiger charge is 2.08. The minimum atomic E-state index is -0.231. The number of hydrogen-bond donors (Lipinski definition) is 1. The summed E-state index contributed by atoms with van der Waals surface area (Å²) in [5.74, 6) is -0.0131. The molecule has 0 atom stereocenters. The molecule has 2 aromatic carbocycles. The third-order valence-corrected chi connectivity index (χ3v) is 5.94. The van der Waals surface area contributed by atoms with Gasteiger partial charge in [-0.3, -0.25) is 4.79 Å². The highest BCUT2D eigenvalue weighted by Crippen LogP contribution is 2.28. The van der Waals surface area contributed by atoms with Gasteiger partial charge >= 0.3 is 0 Å². The number of carbonyl (C=O) groups excluding carboxylic acids is 1. The van der Waals surface area contributed by atoms with E-state index >= 15 is 0 Å². The summed E-state index contributed by atoms with van der Waals surface area (Å²) in [5, 5.41) is 6.83. The van der Waals surface area contributed by atoms with E-state index in [0.29, 0.717) is 15.6 Å². The molecule has 0 aliphatic carbocycles. The first-order chi connectivity index (χ1) is 12.6. The Morgan fingerprint density at radius 3 is 2.62 bits per heavy atom. The Kier molecular flexibility index (Phi) is 6.68. The highest BCUT2D eigenvalue weighted by atomic mass is 35.5. The van der Waals surface area contributed by atoms with Gasteiger partial charge in [0, 0.05) is 16.5 Å². The molecular formula is C18H13Cl2N3OS2. The van der Waals surface area contributed by atoms with Gasteiger partial charge in [0.25, 0.3) is 5.91 Å². The Hall–Kier alpha value is -1.86. The Labute approximate surface area is 169 Å². The van der Waals surface area contributed by atoms with Crippen LogP contribution in [0.4, 0.5) is 0 Å². The van der Waals surface area contributed by atoms with Gasteiger partial charge in [0.05, 0.1) is 27.7 Å². The van der Waals surface area contributed by atoms with E-state index in [9.17, 15) is 4.79 Å². The second-order valence-electron chi connectivity index (χ2n) is 5.08. The van der Waals surface area contributed by atoms with Gasteiger partial charge in [-0.1, -0.05) is 71.4 Å². The van der Waals surface area contributed by atoms with Crippen molar-refractivity contribution in [3.8, 4) is 11.3 Å². The number of aromatic nitrogens is 1. The summed E-state index contributed by atoms with van der Waals surface area (Å²) in [6, 6.07) is 15.1. The molecule has 0 aliphatic heterocycles. The normalized spacial score (nSPS) is 11.0. The van der Waals surface area contributed by atoms with Crippen LogP contribution in [0.3, 0.4) is 0 Å². The molecule has 26 heavy (non-hydrogen) atoms. The summed E-state index contributed by atoms with van der Waals surface area (Å²) < 4.78 is 0.831. The molecule has 0 aliphatic rings. The predicted octanol–water partition coefficient (Wildman–Crippen LogP) is 5.36. The topological polar surface area (TPSA) is 54.4 Å². The summed E-state index contributed by atoms with van der Waals surface area (Å²) in [4.78, 5) is 16.5. The minimum Gasteiger partial charge on any atom is -0.272 e. The van der Waals surface area contributed by atoms with Gasteiger partial charge in [0.15, 0.2) is 4.34 Å². The maximum absolute atomic E-state index is 11.9. The van der Waals surface area contributed by atoms with Gasteiger partial charge in [-0.15, -0.1) is 11.3 Å². The van der Waals surface area contributed by atoms with E-state index < -0.39 is 0 Å². The molecule has 1 aromatic heterocycles. The average Bonchev–Trinajstić information content (AvgIpc) is 3.12. The first-order valence-electron chi connectivity index (χ1n) is 7.53. The summed E-state index contributed by atoms with van der Waals surface area (Å²) in [6.07, 6.45) is 1.43. The first-order valence-corrected chi connectivity index (χ1v) is 10.2. The lowest BCUT2D eigenvalue weighted by Crippen LogP contribution is -2.19. The molecule has 0 spiro atoms. The average molecular weight is 422 g/mol. The van der Waals surface area contributed by atoms with Gasteiger partial charge in [-0.25, -0.2) is 10.4 Å². The number of carbonyl (C=O) groups is 1. The molecule has 1 heterocycles. The fourth-order valence-electron chi connectivity index (χ4n) is 2.03. The molecule has 132 valence electrons. The van der Waals surface area contributed by atoms with E-state index in [-0.39, 0.29) is 11.7 Å². The number of halogens is 2. The van der Waals surface area contributed by atoms with Crippen molar-refractivity contribution in [2.45, 2.75) is 4.34 Å². The van der Waals surface area contributed by atoms with Gasteiger partial charge < -0.3 is 0 Å². The number of hydrogen-bond acceptors (Lipinski definition) is 5. The van der Waals surface area contributed by atoms with Crippen LogP contribution >= 0.6 is 46.3 Å². The van der Waals surface area contributed by atoms with Gasteiger partial charge in [0.2, 0.25) is 0 Å². The maximum Gasteiger partial charge on any atom is 0.250 e. The smallest absolute Gasteiger partial charge is 0.250 e. The second kappa shape index (κ2) is 9.19. The van der Waals surface area contributed by atoms with E-state index in [1.807, 2.05) is 35.7 Å². The number of nitrogens with one attached hydrogen (secondary N) is 1. The third kappa shape index (κ3) is 5.08. The Balaban J connectivity index is 1.52. The lowest BCUT2D eigenvalue weighted by Gasteiger charge is -2.01. The fraction of sp³-hybridized carbons (Fsp3) is 0.0556. The lowest BCUT2D eigenvalue weighted by molar-refractivity contribution is -0.118. The van der Waals surface area contributed by atoms with E-state index in [4.69, 9.17) is 23.2 Å². The Bertz CT molecular complexity index is 909. The van der Waals surface area contributed by atoms with Gasteiger partial charge in [0.1, 0.15) is 0 Å². The third-order valence-electron chi connectivity index (χ3n) is 3.26. The molecular weight excluding hydrogens is 409 g/mol. The van der Waals surface area contributed by atoms with Crippen molar-refractivity contribution in [1.29, 1.82) is 0 Å². The molecule has 0 saturated carbocycles. The van der Waals surface area contributed by atoms with E-state index in [2.05, 4.69) is 15.5 Å². The molecule has 8 heteroatoms. The standard InChI is InChI=1S/C18H13Cl2N3OS2/c19-14-7-4-8-15(20)13(14)9-21-23-17(24)11-26-18-22-16(10-25-18)12-5-2-1-3-6-12/h1-10H,11H2,(H,23,24)/b21-9+. The van der Waals surface area contributed by atoms with Crippen molar-refractivity contribution in [2.24, 2.45) is 5.10 Å². The summed E-state index contributed by atoms with van der Waals surface area (Å²) in [5.41, 5.74) is 4.99. The largest absolute Gasteiger partial charge is 0.272 e. The van der Waals surface area contributed by atoms with E-state index in [1.54, 1.807) is 18.2 Å². The fourth-order valence-corrected chi connectivity index (χ4v) is 4.15. The van der Waals surface area contributed by atoms with Crippen molar-refractivity contribution in [2.75, 3.05) is 5.75 Å². The van der Waals surface area contributed by atoms with Crippen molar-refractivity contribution in [1.82, 2.24) is 10.4 Å². The van der Waals surface area contributed by atoms with Gasteiger partial charge in [-0.05, 0) is 12.1 Å². The number of amides is 1. The molecule has 0 saturated heterocycles. The molecule has 0 unspecified atom stereocenters. The number of nitrogens with zero attached hydrogens (tertiary/aromatic N) is 2. The van der Waals surface area contributed by atoms with Crippen LogP contribution < -0.4 is 5.43 Å². The summed E-state index contributed by atoms with van der Waals surface area (Å²) in [6.45, 7) is 0. The molecule has 0 fully saturated rings. The first kappa shape index (κ1) is 18.9. The van der Waals surface area contributed by atoms with Crippen LogP contribution in [0.15, 0.2) is 63.4 Å². The van der Waals surface area contributed by atoms with Crippen LogP contribution in [0.25, 0.3) is 11.3 Å². The summed E-state index contributed by atoms with van der Waals surface area (Å²) >= 11 is 15.0. The Morgan fingerprint density at radius 2 is 1.88 bits per heavy atom. The number of hydrazone groups is 1. The van der Waals surface area contributed by atoms with Crippen molar-refractivity contribution >= 4 is 58.4 Å². The predicted molar refractivity (Wildman–Crippen MR) is 110 cm³/mol. The molecule has 0 radical (unpaired) electrons. The van der Waals surface area contributed by atoms with Crippen molar-refractivity contribution < 1.29 is 4.79 Å². The zero-order chi connectivity index (χ0) is 18.4. The molecule has 1 N–H and O–H groups in total. The minimum absolute atomic E-state index is 0.218. The summed E-state index contributed by atoms with van der Waals surface area (Å²) in [7, 11) is 0. The number of rotatable bonds is 6. The van der Waals surface area contributed by atoms with Crippen LogP contribution in [0.5, 0.6) is 0 Å². The van der Waals surface area contributed by atoms with Crippen LogP contribution in [-0.2, 0) is 4.79 Å². The van der Waals surface area contributed by atoms with Crippen molar-refractivity contribution in [3.05, 3.63) is 69.5 Å². The Morgan fingerprint density at radius 1 is 1.15 bits per heavy atom.